The Balaban J connectivity index is 2.23. The summed E-state index contributed by atoms with van der Waals surface area (Å²) in [7, 11) is 0. The van der Waals surface area contributed by atoms with Crippen LogP contribution in [0.1, 0.15) is 51.1 Å². The van der Waals surface area contributed by atoms with E-state index in [0.29, 0.717) is 0 Å². The van der Waals surface area contributed by atoms with Gasteiger partial charge in [-0.2, -0.15) is 0 Å². The van der Waals surface area contributed by atoms with Crippen molar-refractivity contribution in [2.75, 3.05) is 0 Å². The van der Waals surface area contributed by atoms with Crippen molar-refractivity contribution >= 4 is 0 Å². The first-order valence-electron chi connectivity index (χ1n) is 4.67. The van der Waals surface area contributed by atoms with Gasteiger partial charge >= 0.3 is 0 Å². The zero-order valence-corrected chi connectivity index (χ0v) is 8.05. The molecular weight excluding hydrogens is 148 g/mol. The first kappa shape index (κ1) is 7.90. The lowest BCUT2D eigenvalue weighted by Gasteiger charge is -2.14. The quantitative estimate of drug-likeness (QED) is 0.619. The Labute approximate surface area is 73.8 Å². The van der Waals surface area contributed by atoms with E-state index in [0.717, 1.165) is 11.7 Å². The Morgan fingerprint density at radius 1 is 1.25 bits per heavy atom. The largest absolute Gasteiger partial charge is 0.465 e. The summed E-state index contributed by atoms with van der Waals surface area (Å²) >= 11 is 0. The predicted molar refractivity (Wildman–Crippen MR) is 49.4 cm³/mol. The normalized spacial score (nSPS) is 18.2. The molecule has 0 N–H and O–H groups in total. The average Bonchev–Trinajstić information content (AvgIpc) is 2.66. The van der Waals surface area contributed by atoms with Gasteiger partial charge < -0.3 is 4.42 Å². The van der Waals surface area contributed by atoms with Gasteiger partial charge in [-0.15, -0.1) is 0 Å². The van der Waals surface area contributed by atoms with Crippen LogP contribution in [0.25, 0.3) is 0 Å². The van der Waals surface area contributed by atoms with Crippen molar-refractivity contribution in [3.63, 3.8) is 0 Å². The van der Waals surface area contributed by atoms with Gasteiger partial charge in [0.2, 0.25) is 0 Å². The lowest BCUT2D eigenvalue weighted by Crippen LogP contribution is -2.09. The predicted octanol–water partition coefficient (Wildman–Crippen LogP) is 3.45. The Morgan fingerprint density at radius 3 is 2.33 bits per heavy atom. The topological polar surface area (TPSA) is 13.1 Å². The molecular formula is C11H16O. The molecule has 66 valence electrons. The second-order valence-corrected chi connectivity index (χ2v) is 4.73. The standard InChI is InChI=1S/C11H16O/c1-11(2,3)10-7-6-9(12-10)8-4-5-8/h6-8H,4-5H2,1-3H3. The van der Waals surface area contributed by atoms with Crippen LogP contribution < -0.4 is 0 Å². The molecule has 1 nitrogen and oxygen atoms in total. The highest BCUT2D eigenvalue weighted by Crippen LogP contribution is 2.41. The van der Waals surface area contributed by atoms with Gasteiger partial charge in [-0.25, -0.2) is 0 Å². The van der Waals surface area contributed by atoms with Crippen molar-refractivity contribution in [2.24, 2.45) is 0 Å². The summed E-state index contributed by atoms with van der Waals surface area (Å²) in [5, 5.41) is 0. The van der Waals surface area contributed by atoms with E-state index in [4.69, 9.17) is 4.42 Å². The maximum absolute atomic E-state index is 5.77. The lowest BCUT2D eigenvalue weighted by molar-refractivity contribution is 0.387. The average molecular weight is 164 g/mol. The van der Waals surface area contributed by atoms with E-state index in [-0.39, 0.29) is 5.41 Å². The van der Waals surface area contributed by atoms with Gasteiger partial charge in [0, 0.05) is 11.3 Å². The van der Waals surface area contributed by atoms with Crippen molar-refractivity contribution in [3.05, 3.63) is 23.7 Å². The molecule has 0 aromatic carbocycles. The van der Waals surface area contributed by atoms with Crippen LogP contribution in [0.4, 0.5) is 0 Å². The monoisotopic (exact) mass is 164 g/mol. The molecule has 1 aliphatic carbocycles. The minimum atomic E-state index is 0.160. The number of rotatable bonds is 1. The smallest absolute Gasteiger partial charge is 0.109 e. The minimum absolute atomic E-state index is 0.160. The van der Waals surface area contributed by atoms with Crippen molar-refractivity contribution < 1.29 is 4.42 Å². The molecule has 0 unspecified atom stereocenters. The third-order valence-corrected chi connectivity index (χ3v) is 2.35. The zero-order chi connectivity index (χ0) is 8.77. The Bertz CT molecular complexity index is 273. The molecule has 12 heavy (non-hydrogen) atoms. The zero-order valence-electron chi connectivity index (χ0n) is 8.05. The summed E-state index contributed by atoms with van der Waals surface area (Å²) in [5.74, 6) is 3.05. The summed E-state index contributed by atoms with van der Waals surface area (Å²) < 4.78 is 5.77. The van der Waals surface area contributed by atoms with Gasteiger partial charge in [0.05, 0.1) is 0 Å². The minimum Gasteiger partial charge on any atom is -0.465 e. The van der Waals surface area contributed by atoms with Crippen LogP contribution in [0, 0.1) is 0 Å². The van der Waals surface area contributed by atoms with E-state index in [2.05, 4.69) is 32.9 Å². The summed E-state index contributed by atoms with van der Waals surface area (Å²) in [5.41, 5.74) is 0.160. The molecule has 0 saturated heterocycles. The summed E-state index contributed by atoms with van der Waals surface area (Å²) in [6.07, 6.45) is 2.63. The van der Waals surface area contributed by atoms with E-state index in [9.17, 15) is 0 Å². The van der Waals surface area contributed by atoms with E-state index in [1.165, 1.54) is 18.6 Å². The third kappa shape index (κ3) is 1.40. The molecule has 1 saturated carbocycles. The van der Waals surface area contributed by atoms with Gasteiger partial charge in [-0.3, -0.25) is 0 Å². The molecule has 1 heterocycles. The van der Waals surface area contributed by atoms with Crippen molar-refractivity contribution in [1.82, 2.24) is 0 Å². The van der Waals surface area contributed by atoms with Crippen LogP contribution in [0.5, 0.6) is 0 Å². The van der Waals surface area contributed by atoms with Gasteiger partial charge in [0.15, 0.2) is 0 Å². The van der Waals surface area contributed by atoms with E-state index in [1.54, 1.807) is 0 Å². The number of hydrogen-bond acceptors (Lipinski definition) is 1. The van der Waals surface area contributed by atoms with E-state index >= 15 is 0 Å². The van der Waals surface area contributed by atoms with Crippen LogP contribution in [-0.2, 0) is 5.41 Å². The molecule has 0 bridgehead atoms. The van der Waals surface area contributed by atoms with Crippen LogP contribution in [-0.4, -0.2) is 0 Å². The number of furan rings is 1. The van der Waals surface area contributed by atoms with E-state index in [1.807, 2.05) is 0 Å². The Morgan fingerprint density at radius 2 is 1.92 bits per heavy atom. The van der Waals surface area contributed by atoms with Crippen LogP contribution >= 0.6 is 0 Å². The lowest BCUT2D eigenvalue weighted by atomic mass is 9.94. The number of hydrogen-bond donors (Lipinski definition) is 0. The van der Waals surface area contributed by atoms with Gasteiger partial charge in [0.1, 0.15) is 11.5 Å². The van der Waals surface area contributed by atoms with E-state index < -0.39 is 0 Å². The molecule has 0 spiro atoms. The highest BCUT2D eigenvalue weighted by molar-refractivity contribution is 5.19. The third-order valence-electron chi connectivity index (χ3n) is 2.35. The van der Waals surface area contributed by atoms with Gasteiger partial charge in [0.25, 0.3) is 0 Å². The van der Waals surface area contributed by atoms with Gasteiger partial charge in [-0.05, 0) is 25.0 Å². The Kier molecular flexibility index (Phi) is 1.57. The van der Waals surface area contributed by atoms with Gasteiger partial charge in [-0.1, -0.05) is 20.8 Å². The highest BCUT2D eigenvalue weighted by Gasteiger charge is 2.28. The molecule has 1 aliphatic rings. The fourth-order valence-electron chi connectivity index (χ4n) is 1.34. The molecule has 0 aliphatic heterocycles. The summed E-state index contributed by atoms with van der Waals surface area (Å²) in [6, 6.07) is 4.26. The molecule has 1 fully saturated rings. The molecule has 1 aromatic heterocycles. The first-order valence-corrected chi connectivity index (χ1v) is 4.67. The van der Waals surface area contributed by atoms with Crippen molar-refractivity contribution in [1.29, 1.82) is 0 Å². The Hall–Kier alpha value is -0.720. The summed E-state index contributed by atoms with van der Waals surface area (Å²) in [6.45, 7) is 6.55. The summed E-state index contributed by atoms with van der Waals surface area (Å²) in [4.78, 5) is 0. The van der Waals surface area contributed by atoms with Crippen molar-refractivity contribution in [2.45, 2.75) is 44.9 Å². The highest BCUT2D eigenvalue weighted by atomic mass is 16.3. The molecule has 1 aromatic rings. The molecule has 0 radical (unpaired) electrons. The van der Waals surface area contributed by atoms with Crippen molar-refractivity contribution in [3.8, 4) is 0 Å². The van der Waals surface area contributed by atoms with Crippen LogP contribution in [0.3, 0.4) is 0 Å². The second-order valence-electron chi connectivity index (χ2n) is 4.73. The molecule has 2 rings (SSSR count). The maximum atomic E-state index is 5.77. The molecule has 0 amide bonds. The fraction of sp³-hybridized carbons (Fsp3) is 0.636. The SMILES string of the molecule is CC(C)(C)c1ccc(C2CC2)o1. The maximum Gasteiger partial charge on any atom is 0.109 e. The van der Waals surface area contributed by atoms with Crippen LogP contribution in [0.15, 0.2) is 16.5 Å². The second kappa shape index (κ2) is 2.38. The first-order chi connectivity index (χ1) is 5.57. The fourth-order valence-corrected chi connectivity index (χ4v) is 1.34. The van der Waals surface area contributed by atoms with Crippen LogP contribution in [0.2, 0.25) is 0 Å². The molecule has 0 atom stereocenters. The molecule has 1 heteroatoms.